The molecule has 1 aromatic heterocycles. The summed E-state index contributed by atoms with van der Waals surface area (Å²) in [6, 6.07) is 11.7. The third-order valence-corrected chi connectivity index (χ3v) is 2.97. The molecule has 2 aromatic carbocycles. The van der Waals surface area contributed by atoms with Gasteiger partial charge in [0, 0.05) is 11.3 Å². The van der Waals surface area contributed by atoms with Crippen LogP contribution in [0, 0.1) is 12.7 Å². The van der Waals surface area contributed by atoms with E-state index in [1.165, 1.54) is 16.8 Å². The number of nitrogens with zero attached hydrogens (tertiary/aromatic N) is 4. The number of halogens is 1. The van der Waals surface area contributed by atoms with Gasteiger partial charge in [-0.1, -0.05) is 17.7 Å². The Morgan fingerprint density at radius 2 is 2.00 bits per heavy atom. The molecule has 0 spiro atoms. The van der Waals surface area contributed by atoms with Gasteiger partial charge in [-0.25, -0.2) is 4.39 Å². The predicted molar refractivity (Wildman–Crippen MR) is 73.7 cm³/mol. The Kier molecular flexibility index (Phi) is 2.90. The predicted octanol–water partition coefficient (Wildman–Crippen LogP) is 2.36. The molecule has 1 heterocycles. The van der Waals surface area contributed by atoms with Crippen molar-refractivity contribution in [3.63, 3.8) is 0 Å². The number of aryl methyl sites for hydroxylation is 1. The summed E-state index contributed by atoms with van der Waals surface area (Å²) in [4.78, 5) is 0. The van der Waals surface area contributed by atoms with Gasteiger partial charge in [0.15, 0.2) is 5.82 Å². The number of tetrazole rings is 1. The number of rotatable bonds is 2. The molecule has 0 atom stereocenters. The summed E-state index contributed by atoms with van der Waals surface area (Å²) in [5.41, 5.74) is 8.86. The molecule has 0 radical (unpaired) electrons. The van der Waals surface area contributed by atoms with Gasteiger partial charge in [-0.05, 0) is 47.7 Å². The van der Waals surface area contributed by atoms with Gasteiger partial charge in [0.25, 0.3) is 0 Å². The van der Waals surface area contributed by atoms with Crippen LogP contribution in [0.1, 0.15) is 5.56 Å². The molecule has 2 N–H and O–H groups in total. The minimum Gasteiger partial charge on any atom is -0.398 e. The fourth-order valence-corrected chi connectivity index (χ4v) is 2.00. The molecular formula is C14H12FN5. The average molecular weight is 269 g/mol. The molecule has 0 aliphatic rings. The Morgan fingerprint density at radius 1 is 1.15 bits per heavy atom. The van der Waals surface area contributed by atoms with Crippen molar-refractivity contribution in [3.8, 4) is 17.1 Å². The summed E-state index contributed by atoms with van der Waals surface area (Å²) in [5, 5.41) is 11.6. The summed E-state index contributed by atoms with van der Waals surface area (Å²) in [7, 11) is 0. The van der Waals surface area contributed by atoms with Crippen LogP contribution < -0.4 is 5.73 Å². The van der Waals surface area contributed by atoms with Gasteiger partial charge in [0.1, 0.15) is 5.82 Å². The van der Waals surface area contributed by atoms with E-state index < -0.39 is 0 Å². The Hall–Kier alpha value is -2.76. The van der Waals surface area contributed by atoms with Crippen molar-refractivity contribution < 1.29 is 4.39 Å². The SMILES string of the molecule is Cc1ccc(N)c(-c2nnnn2-c2cccc(F)c2)c1. The highest BCUT2D eigenvalue weighted by Gasteiger charge is 2.14. The molecule has 0 amide bonds. The van der Waals surface area contributed by atoms with Crippen molar-refractivity contribution >= 4 is 5.69 Å². The zero-order valence-electron chi connectivity index (χ0n) is 10.8. The molecular weight excluding hydrogens is 257 g/mol. The second-order valence-corrected chi connectivity index (χ2v) is 4.48. The Labute approximate surface area is 114 Å². The van der Waals surface area contributed by atoms with Gasteiger partial charge in [-0.15, -0.1) is 5.10 Å². The summed E-state index contributed by atoms with van der Waals surface area (Å²) in [6.07, 6.45) is 0. The van der Waals surface area contributed by atoms with Crippen molar-refractivity contribution in [2.75, 3.05) is 5.73 Å². The van der Waals surface area contributed by atoms with E-state index in [9.17, 15) is 4.39 Å². The first-order valence-electron chi connectivity index (χ1n) is 6.06. The van der Waals surface area contributed by atoms with E-state index in [2.05, 4.69) is 15.5 Å². The molecule has 100 valence electrons. The van der Waals surface area contributed by atoms with Crippen molar-refractivity contribution in [2.45, 2.75) is 6.92 Å². The lowest BCUT2D eigenvalue weighted by atomic mass is 10.1. The van der Waals surface area contributed by atoms with Gasteiger partial charge in [-0.2, -0.15) is 4.68 Å². The molecule has 3 aromatic rings. The average Bonchev–Trinajstić information content (AvgIpc) is 2.90. The minimum absolute atomic E-state index is 0.346. The molecule has 0 saturated carbocycles. The lowest BCUT2D eigenvalue weighted by Gasteiger charge is -2.07. The van der Waals surface area contributed by atoms with Crippen LogP contribution in [0.2, 0.25) is 0 Å². The highest BCUT2D eigenvalue weighted by atomic mass is 19.1. The van der Waals surface area contributed by atoms with Crippen LogP contribution in [0.5, 0.6) is 0 Å². The quantitative estimate of drug-likeness (QED) is 0.725. The van der Waals surface area contributed by atoms with Crippen molar-refractivity contribution in [2.24, 2.45) is 0 Å². The van der Waals surface area contributed by atoms with E-state index in [-0.39, 0.29) is 5.82 Å². The maximum Gasteiger partial charge on any atom is 0.189 e. The number of aromatic nitrogens is 4. The Balaban J connectivity index is 2.18. The van der Waals surface area contributed by atoms with E-state index >= 15 is 0 Å². The van der Waals surface area contributed by atoms with Gasteiger partial charge in [-0.3, -0.25) is 0 Å². The van der Waals surface area contributed by atoms with Crippen molar-refractivity contribution in [1.29, 1.82) is 0 Å². The smallest absolute Gasteiger partial charge is 0.189 e. The monoisotopic (exact) mass is 269 g/mol. The summed E-state index contributed by atoms with van der Waals surface area (Å²) < 4.78 is 14.8. The minimum atomic E-state index is -0.346. The zero-order chi connectivity index (χ0) is 14.1. The molecule has 3 rings (SSSR count). The lowest BCUT2D eigenvalue weighted by Crippen LogP contribution is -2.02. The molecule has 20 heavy (non-hydrogen) atoms. The number of nitrogen functional groups attached to an aromatic ring is 1. The van der Waals surface area contributed by atoms with Crippen molar-refractivity contribution in [1.82, 2.24) is 20.2 Å². The van der Waals surface area contributed by atoms with Gasteiger partial charge in [0.2, 0.25) is 0 Å². The van der Waals surface area contributed by atoms with Crippen LogP contribution in [0.4, 0.5) is 10.1 Å². The third kappa shape index (κ3) is 2.11. The normalized spacial score (nSPS) is 10.7. The number of hydrogen-bond acceptors (Lipinski definition) is 4. The van der Waals surface area contributed by atoms with E-state index in [1.807, 2.05) is 19.1 Å². The van der Waals surface area contributed by atoms with Gasteiger partial charge in [0.05, 0.1) is 5.69 Å². The van der Waals surface area contributed by atoms with Crippen LogP contribution in [-0.4, -0.2) is 20.2 Å². The Bertz CT molecular complexity index is 766. The first kappa shape index (κ1) is 12.3. The standard InChI is InChI=1S/C14H12FN5/c1-9-5-6-13(16)12(7-9)14-17-18-19-20(14)11-4-2-3-10(15)8-11/h2-8H,16H2,1H3. The van der Waals surface area contributed by atoms with Crippen molar-refractivity contribution in [3.05, 3.63) is 53.8 Å². The maximum atomic E-state index is 13.3. The molecule has 5 nitrogen and oxygen atoms in total. The highest BCUT2D eigenvalue weighted by molar-refractivity contribution is 5.73. The zero-order valence-corrected chi connectivity index (χ0v) is 10.8. The number of hydrogen-bond donors (Lipinski definition) is 1. The number of nitrogens with two attached hydrogens (primary N) is 1. The van der Waals surface area contributed by atoms with E-state index in [0.29, 0.717) is 17.2 Å². The van der Waals surface area contributed by atoms with Crippen LogP contribution in [-0.2, 0) is 0 Å². The molecule has 0 fully saturated rings. The molecule has 0 unspecified atom stereocenters. The molecule has 6 heteroatoms. The third-order valence-electron chi connectivity index (χ3n) is 2.97. The van der Waals surface area contributed by atoms with E-state index in [4.69, 9.17) is 5.73 Å². The first-order chi connectivity index (χ1) is 9.65. The van der Waals surface area contributed by atoms with Crippen LogP contribution in [0.15, 0.2) is 42.5 Å². The Morgan fingerprint density at radius 3 is 2.80 bits per heavy atom. The summed E-state index contributed by atoms with van der Waals surface area (Å²) >= 11 is 0. The van der Waals surface area contributed by atoms with Gasteiger partial charge < -0.3 is 5.73 Å². The fraction of sp³-hybridized carbons (Fsp3) is 0.0714. The number of anilines is 1. The molecule has 0 aliphatic heterocycles. The fourth-order valence-electron chi connectivity index (χ4n) is 2.00. The molecule has 0 saturated heterocycles. The van der Waals surface area contributed by atoms with E-state index in [0.717, 1.165) is 11.1 Å². The van der Waals surface area contributed by atoms with Crippen LogP contribution in [0.25, 0.3) is 17.1 Å². The second kappa shape index (κ2) is 4.73. The van der Waals surface area contributed by atoms with Gasteiger partial charge >= 0.3 is 0 Å². The lowest BCUT2D eigenvalue weighted by molar-refractivity contribution is 0.625. The first-order valence-corrected chi connectivity index (χ1v) is 6.06. The van der Waals surface area contributed by atoms with E-state index in [1.54, 1.807) is 18.2 Å². The molecule has 0 aliphatic carbocycles. The second-order valence-electron chi connectivity index (χ2n) is 4.48. The molecule has 0 bridgehead atoms. The number of benzene rings is 2. The highest BCUT2D eigenvalue weighted by Crippen LogP contribution is 2.26. The summed E-state index contributed by atoms with van der Waals surface area (Å²) in [5.74, 6) is 0.137. The maximum absolute atomic E-state index is 13.3. The largest absolute Gasteiger partial charge is 0.398 e. The topological polar surface area (TPSA) is 69.6 Å². The van der Waals surface area contributed by atoms with Crippen LogP contribution in [0.3, 0.4) is 0 Å². The van der Waals surface area contributed by atoms with Crippen LogP contribution >= 0.6 is 0 Å². The summed E-state index contributed by atoms with van der Waals surface area (Å²) in [6.45, 7) is 1.96.